The van der Waals surface area contributed by atoms with Gasteiger partial charge in [0.15, 0.2) is 0 Å². The first kappa shape index (κ1) is 18.8. The van der Waals surface area contributed by atoms with Crippen LogP contribution in [0, 0.1) is 0 Å². The summed E-state index contributed by atoms with van der Waals surface area (Å²) in [5, 5.41) is 7.65. The Morgan fingerprint density at radius 1 is 0.926 bits per heavy atom. The fraction of sp³-hybridized carbons (Fsp3) is 0.143. The van der Waals surface area contributed by atoms with E-state index >= 15 is 0 Å². The maximum Gasteiger partial charge on any atom is 0.265 e. The molecule has 0 fully saturated rings. The SMILES string of the molecule is NCc1ccc(CNC(=O)Cc2ccccc2NC(=O)c2cccs2)cc1. The Morgan fingerprint density at radius 3 is 2.37 bits per heavy atom. The summed E-state index contributed by atoms with van der Waals surface area (Å²) in [5.74, 6) is -0.270. The van der Waals surface area contributed by atoms with Crippen molar-refractivity contribution in [1.82, 2.24) is 5.32 Å². The van der Waals surface area contributed by atoms with Gasteiger partial charge in [-0.2, -0.15) is 0 Å². The summed E-state index contributed by atoms with van der Waals surface area (Å²) in [6, 6.07) is 18.8. The largest absolute Gasteiger partial charge is 0.352 e. The van der Waals surface area contributed by atoms with E-state index in [1.165, 1.54) is 11.3 Å². The third-order valence-corrected chi connectivity index (χ3v) is 4.98. The molecule has 0 aliphatic carbocycles. The molecule has 1 aromatic heterocycles. The lowest BCUT2D eigenvalue weighted by Gasteiger charge is -2.11. The summed E-state index contributed by atoms with van der Waals surface area (Å²) in [6.45, 7) is 0.952. The van der Waals surface area contributed by atoms with E-state index in [9.17, 15) is 9.59 Å². The number of rotatable bonds is 7. The molecule has 0 radical (unpaired) electrons. The number of nitrogens with one attached hydrogen (secondary N) is 2. The number of para-hydroxylation sites is 1. The minimum Gasteiger partial charge on any atom is -0.352 e. The summed E-state index contributed by atoms with van der Waals surface area (Å²) in [5.41, 5.74) is 9.09. The van der Waals surface area contributed by atoms with Gasteiger partial charge in [-0.1, -0.05) is 48.5 Å². The fourth-order valence-electron chi connectivity index (χ4n) is 2.62. The molecule has 5 nitrogen and oxygen atoms in total. The van der Waals surface area contributed by atoms with Gasteiger partial charge in [-0.05, 0) is 34.2 Å². The molecule has 3 rings (SSSR count). The second-order valence-corrected chi connectivity index (χ2v) is 7.01. The number of nitrogens with two attached hydrogens (primary N) is 1. The van der Waals surface area contributed by atoms with Gasteiger partial charge in [0.1, 0.15) is 0 Å². The van der Waals surface area contributed by atoms with Crippen molar-refractivity contribution in [3.05, 3.63) is 87.6 Å². The van der Waals surface area contributed by atoms with Crippen LogP contribution in [0.2, 0.25) is 0 Å². The van der Waals surface area contributed by atoms with Crippen LogP contribution in [0.25, 0.3) is 0 Å². The lowest BCUT2D eigenvalue weighted by atomic mass is 10.1. The van der Waals surface area contributed by atoms with Crippen LogP contribution in [0.15, 0.2) is 66.0 Å². The number of hydrogen-bond acceptors (Lipinski definition) is 4. The van der Waals surface area contributed by atoms with Gasteiger partial charge in [-0.25, -0.2) is 0 Å². The molecular formula is C21H21N3O2S. The maximum atomic E-state index is 12.3. The third-order valence-electron chi connectivity index (χ3n) is 4.11. The standard InChI is InChI=1S/C21H21N3O2S/c22-13-15-7-9-16(10-8-15)14-23-20(25)12-17-4-1-2-5-18(17)24-21(26)19-6-3-11-27-19/h1-11H,12-14,22H2,(H,23,25)(H,24,26). The highest BCUT2D eigenvalue weighted by Crippen LogP contribution is 2.18. The van der Waals surface area contributed by atoms with Crippen LogP contribution in [-0.2, 0) is 24.3 Å². The van der Waals surface area contributed by atoms with E-state index in [1.54, 1.807) is 12.1 Å². The van der Waals surface area contributed by atoms with E-state index in [4.69, 9.17) is 5.73 Å². The highest BCUT2D eigenvalue weighted by Gasteiger charge is 2.12. The predicted octanol–water partition coefficient (Wildman–Crippen LogP) is 3.32. The molecule has 1 heterocycles. The van der Waals surface area contributed by atoms with Crippen LogP contribution in [0.4, 0.5) is 5.69 Å². The Kier molecular flexibility index (Phi) is 6.35. The van der Waals surface area contributed by atoms with Crippen LogP contribution < -0.4 is 16.4 Å². The smallest absolute Gasteiger partial charge is 0.265 e. The molecule has 6 heteroatoms. The van der Waals surface area contributed by atoms with Crippen LogP contribution in [0.5, 0.6) is 0 Å². The van der Waals surface area contributed by atoms with Crippen molar-refractivity contribution in [1.29, 1.82) is 0 Å². The van der Waals surface area contributed by atoms with E-state index in [-0.39, 0.29) is 18.2 Å². The molecule has 3 aromatic rings. The number of anilines is 1. The summed E-state index contributed by atoms with van der Waals surface area (Å²) < 4.78 is 0. The number of benzene rings is 2. The molecule has 27 heavy (non-hydrogen) atoms. The van der Waals surface area contributed by atoms with Crippen LogP contribution in [0.1, 0.15) is 26.4 Å². The molecule has 0 unspecified atom stereocenters. The summed E-state index contributed by atoms with van der Waals surface area (Å²) >= 11 is 1.38. The Balaban J connectivity index is 1.59. The maximum absolute atomic E-state index is 12.3. The topological polar surface area (TPSA) is 84.2 Å². The van der Waals surface area contributed by atoms with E-state index < -0.39 is 0 Å². The number of carbonyl (C=O) groups excluding carboxylic acids is 2. The molecular weight excluding hydrogens is 358 g/mol. The minimum absolute atomic E-state index is 0.101. The van der Waals surface area contributed by atoms with Crippen molar-refractivity contribution in [2.45, 2.75) is 19.5 Å². The number of amides is 2. The second kappa shape index (κ2) is 9.12. The van der Waals surface area contributed by atoms with Crippen LogP contribution >= 0.6 is 11.3 Å². The average molecular weight is 379 g/mol. The van der Waals surface area contributed by atoms with E-state index in [2.05, 4.69) is 10.6 Å². The summed E-state index contributed by atoms with van der Waals surface area (Å²) in [4.78, 5) is 25.2. The zero-order valence-electron chi connectivity index (χ0n) is 14.8. The lowest BCUT2D eigenvalue weighted by Crippen LogP contribution is -2.25. The Morgan fingerprint density at radius 2 is 1.67 bits per heavy atom. The normalized spacial score (nSPS) is 10.4. The van der Waals surface area contributed by atoms with Crippen molar-refractivity contribution in [3.63, 3.8) is 0 Å². The van der Waals surface area contributed by atoms with E-state index in [0.717, 1.165) is 16.7 Å². The van der Waals surface area contributed by atoms with E-state index in [0.29, 0.717) is 23.7 Å². The Bertz CT molecular complexity index is 905. The van der Waals surface area contributed by atoms with Crippen LogP contribution in [0.3, 0.4) is 0 Å². The molecule has 0 aliphatic heterocycles. The zero-order chi connectivity index (χ0) is 19.1. The van der Waals surface area contributed by atoms with Gasteiger partial charge >= 0.3 is 0 Å². The van der Waals surface area contributed by atoms with Gasteiger partial charge in [0.2, 0.25) is 5.91 Å². The van der Waals surface area contributed by atoms with Gasteiger partial charge < -0.3 is 16.4 Å². The lowest BCUT2D eigenvalue weighted by molar-refractivity contribution is -0.120. The number of hydrogen-bond donors (Lipinski definition) is 3. The van der Waals surface area contributed by atoms with Gasteiger partial charge in [-0.3, -0.25) is 9.59 Å². The molecule has 4 N–H and O–H groups in total. The molecule has 0 bridgehead atoms. The van der Waals surface area contributed by atoms with Crippen molar-refractivity contribution >= 4 is 28.8 Å². The van der Waals surface area contributed by atoms with Gasteiger partial charge in [0, 0.05) is 18.8 Å². The van der Waals surface area contributed by atoms with E-state index in [1.807, 2.05) is 53.9 Å². The highest BCUT2D eigenvalue weighted by atomic mass is 32.1. The number of thiophene rings is 1. The molecule has 0 saturated carbocycles. The predicted molar refractivity (Wildman–Crippen MR) is 109 cm³/mol. The van der Waals surface area contributed by atoms with Crippen molar-refractivity contribution < 1.29 is 9.59 Å². The van der Waals surface area contributed by atoms with Gasteiger partial charge in [0.05, 0.1) is 11.3 Å². The quantitative estimate of drug-likeness (QED) is 0.589. The first-order valence-corrected chi connectivity index (χ1v) is 9.51. The highest BCUT2D eigenvalue weighted by molar-refractivity contribution is 7.12. The molecule has 2 amide bonds. The van der Waals surface area contributed by atoms with Crippen molar-refractivity contribution in [2.24, 2.45) is 5.73 Å². The first-order chi connectivity index (χ1) is 13.2. The third kappa shape index (κ3) is 5.26. The van der Waals surface area contributed by atoms with Crippen molar-refractivity contribution in [3.8, 4) is 0 Å². The van der Waals surface area contributed by atoms with Crippen molar-refractivity contribution in [2.75, 3.05) is 5.32 Å². The zero-order valence-corrected chi connectivity index (χ0v) is 15.6. The molecule has 138 valence electrons. The fourth-order valence-corrected chi connectivity index (χ4v) is 3.24. The molecule has 0 spiro atoms. The number of carbonyl (C=O) groups is 2. The Hall–Kier alpha value is -2.96. The minimum atomic E-state index is -0.169. The molecule has 0 atom stereocenters. The summed E-state index contributed by atoms with van der Waals surface area (Å²) in [6.07, 6.45) is 0.196. The molecule has 0 aliphatic rings. The van der Waals surface area contributed by atoms with Crippen LogP contribution in [-0.4, -0.2) is 11.8 Å². The Labute approximate surface area is 162 Å². The van der Waals surface area contributed by atoms with Gasteiger partial charge in [0.25, 0.3) is 5.91 Å². The monoisotopic (exact) mass is 379 g/mol. The molecule has 0 saturated heterocycles. The first-order valence-electron chi connectivity index (χ1n) is 8.63. The average Bonchev–Trinajstić information content (AvgIpc) is 3.23. The second-order valence-electron chi connectivity index (χ2n) is 6.06. The molecule has 2 aromatic carbocycles. The van der Waals surface area contributed by atoms with Gasteiger partial charge in [-0.15, -0.1) is 11.3 Å². The summed E-state index contributed by atoms with van der Waals surface area (Å²) in [7, 11) is 0.